The van der Waals surface area contributed by atoms with Gasteiger partial charge >= 0.3 is 0 Å². The number of para-hydroxylation sites is 2. The van der Waals surface area contributed by atoms with Gasteiger partial charge in [-0.25, -0.2) is 0 Å². The molecule has 5 rings (SSSR count). The number of hydrogen-bond acceptors (Lipinski definition) is 5. The lowest BCUT2D eigenvalue weighted by atomic mass is 10.1. The summed E-state index contributed by atoms with van der Waals surface area (Å²) in [6, 6.07) is 15.2. The van der Waals surface area contributed by atoms with Crippen molar-refractivity contribution in [2.75, 3.05) is 13.2 Å². The van der Waals surface area contributed by atoms with Crippen molar-refractivity contribution in [3.05, 3.63) is 70.5 Å². The van der Waals surface area contributed by atoms with Gasteiger partial charge < -0.3 is 13.8 Å². The molecule has 4 aromatic rings. The number of fused-ring (bicyclic) bond motifs is 2. The molecule has 0 spiro atoms. The van der Waals surface area contributed by atoms with Gasteiger partial charge in [-0.05, 0) is 30.7 Å². The molecule has 1 atom stereocenters. The molecule has 0 N–H and O–H groups in total. The van der Waals surface area contributed by atoms with Crippen LogP contribution in [0.1, 0.15) is 24.1 Å². The Balaban J connectivity index is 1.66. The van der Waals surface area contributed by atoms with E-state index in [0.717, 1.165) is 24.1 Å². The van der Waals surface area contributed by atoms with Crippen LogP contribution in [0.3, 0.4) is 0 Å². The van der Waals surface area contributed by atoms with Crippen LogP contribution >= 0.6 is 0 Å². The molecule has 0 radical (unpaired) electrons. The van der Waals surface area contributed by atoms with Gasteiger partial charge in [0.05, 0.1) is 17.6 Å². The Morgan fingerprint density at radius 3 is 2.38 bits per heavy atom. The molecule has 6 heteroatoms. The quantitative estimate of drug-likeness (QED) is 0.533. The number of ether oxygens (including phenoxy) is 1. The second kappa shape index (κ2) is 6.07. The Kier molecular flexibility index (Phi) is 3.57. The van der Waals surface area contributed by atoms with Crippen molar-refractivity contribution in [2.24, 2.45) is 0 Å². The van der Waals surface area contributed by atoms with Crippen LogP contribution < -0.4 is 5.43 Å². The average Bonchev–Trinajstić information content (AvgIpc) is 3.37. The molecule has 3 heterocycles. The molecule has 1 saturated heterocycles. The van der Waals surface area contributed by atoms with Crippen molar-refractivity contribution in [2.45, 2.75) is 18.9 Å². The number of benzene rings is 2. The zero-order valence-electron chi connectivity index (χ0n) is 14.1. The summed E-state index contributed by atoms with van der Waals surface area (Å²) < 4.78 is 13.0. The maximum absolute atomic E-state index is 12.8. The van der Waals surface area contributed by atoms with Crippen molar-refractivity contribution in [3.63, 3.8) is 0 Å². The van der Waals surface area contributed by atoms with E-state index in [0.29, 0.717) is 35.6 Å². The summed E-state index contributed by atoms with van der Waals surface area (Å²) in [7, 11) is 0. The molecule has 2 aromatic carbocycles. The van der Waals surface area contributed by atoms with E-state index in [1.165, 1.54) is 0 Å². The summed E-state index contributed by atoms with van der Waals surface area (Å²) in [6.45, 7) is 1.80. The molecule has 6 nitrogen and oxygen atoms in total. The van der Waals surface area contributed by atoms with Crippen LogP contribution in [0.4, 0.5) is 0 Å². The summed E-state index contributed by atoms with van der Waals surface area (Å²) in [6.07, 6.45) is 0.920. The molecule has 1 fully saturated rings. The SMILES string of the molecule is O=c1c2ccccc2n(Cc2nc(C3CCOC3)no2)c2ccccc12. The summed E-state index contributed by atoms with van der Waals surface area (Å²) in [5.74, 6) is 1.44. The maximum atomic E-state index is 12.8. The third kappa shape index (κ3) is 2.42. The van der Waals surface area contributed by atoms with E-state index in [2.05, 4.69) is 14.7 Å². The Morgan fingerprint density at radius 1 is 1.04 bits per heavy atom. The summed E-state index contributed by atoms with van der Waals surface area (Å²) >= 11 is 0. The van der Waals surface area contributed by atoms with E-state index < -0.39 is 0 Å². The largest absolute Gasteiger partial charge is 0.381 e. The van der Waals surface area contributed by atoms with Gasteiger partial charge in [-0.3, -0.25) is 4.79 Å². The van der Waals surface area contributed by atoms with E-state index in [1.54, 1.807) is 0 Å². The van der Waals surface area contributed by atoms with Gasteiger partial charge in [0.1, 0.15) is 6.54 Å². The smallest absolute Gasteiger partial charge is 0.246 e. The standard InChI is InChI=1S/C20H17N3O3/c24-19-14-5-1-3-7-16(14)23(17-8-4-2-6-15(17)19)11-18-21-20(22-26-18)13-9-10-25-12-13/h1-8,13H,9-12H2. The molecule has 0 aliphatic carbocycles. The van der Waals surface area contributed by atoms with Crippen LogP contribution in [0.25, 0.3) is 21.8 Å². The first kappa shape index (κ1) is 15.3. The molecule has 1 unspecified atom stereocenters. The first-order valence-corrected chi connectivity index (χ1v) is 8.72. The van der Waals surface area contributed by atoms with Crippen LogP contribution in [0.5, 0.6) is 0 Å². The van der Waals surface area contributed by atoms with Crippen molar-refractivity contribution >= 4 is 21.8 Å². The number of nitrogens with zero attached hydrogens (tertiary/aromatic N) is 3. The number of hydrogen-bond donors (Lipinski definition) is 0. The molecule has 1 aliphatic rings. The Morgan fingerprint density at radius 2 is 1.73 bits per heavy atom. The van der Waals surface area contributed by atoms with Crippen LogP contribution in [0.2, 0.25) is 0 Å². The van der Waals surface area contributed by atoms with Gasteiger partial charge in [-0.2, -0.15) is 4.98 Å². The lowest BCUT2D eigenvalue weighted by Crippen LogP contribution is -2.12. The molecule has 26 heavy (non-hydrogen) atoms. The number of aromatic nitrogens is 3. The molecule has 2 aromatic heterocycles. The van der Waals surface area contributed by atoms with Crippen LogP contribution in [-0.4, -0.2) is 27.9 Å². The molecule has 0 saturated carbocycles. The summed E-state index contributed by atoms with van der Waals surface area (Å²) in [5, 5.41) is 5.51. The summed E-state index contributed by atoms with van der Waals surface area (Å²) in [5.41, 5.74) is 1.77. The molecule has 1 aliphatic heterocycles. The topological polar surface area (TPSA) is 70.2 Å². The monoisotopic (exact) mass is 347 g/mol. The minimum absolute atomic E-state index is 0.0433. The highest BCUT2D eigenvalue weighted by Crippen LogP contribution is 2.24. The predicted octanol–water partition coefficient (Wildman–Crippen LogP) is 3.09. The van der Waals surface area contributed by atoms with E-state index >= 15 is 0 Å². The fraction of sp³-hybridized carbons (Fsp3) is 0.250. The second-order valence-electron chi connectivity index (χ2n) is 6.56. The van der Waals surface area contributed by atoms with Gasteiger partial charge in [0.15, 0.2) is 11.3 Å². The minimum atomic E-state index is 0.0433. The molecule has 130 valence electrons. The van der Waals surface area contributed by atoms with Gasteiger partial charge in [0.2, 0.25) is 5.89 Å². The third-order valence-electron chi connectivity index (χ3n) is 4.95. The first-order chi connectivity index (χ1) is 12.8. The Bertz CT molecular complexity index is 1100. The van der Waals surface area contributed by atoms with E-state index in [1.807, 2.05) is 48.5 Å². The maximum Gasteiger partial charge on any atom is 0.246 e. The van der Waals surface area contributed by atoms with Gasteiger partial charge in [-0.15, -0.1) is 0 Å². The zero-order chi connectivity index (χ0) is 17.5. The Hall–Kier alpha value is -2.99. The van der Waals surface area contributed by atoms with Gasteiger partial charge in [-0.1, -0.05) is 29.4 Å². The lowest BCUT2D eigenvalue weighted by Gasteiger charge is -2.13. The highest BCUT2D eigenvalue weighted by Gasteiger charge is 2.23. The van der Waals surface area contributed by atoms with E-state index in [9.17, 15) is 4.79 Å². The van der Waals surface area contributed by atoms with Crippen molar-refractivity contribution in [1.29, 1.82) is 0 Å². The van der Waals surface area contributed by atoms with Crippen LogP contribution in [-0.2, 0) is 11.3 Å². The molecule has 0 amide bonds. The Labute approximate surface area is 149 Å². The van der Waals surface area contributed by atoms with Crippen molar-refractivity contribution in [1.82, 2.24) is 14.7 Å². The minimum Gasteiger partial charge on any atom is -0.381 e. The summed E-state index contributed by atoms with van der Waals surface area (Å²) in [4.78, 5) is 17.4. The predicted molar refractivity (Wildman–Crippen MR) is 97.3 cm³/mol. The zero-order valence-corrected chi connectivity index (χ0v) is 14.1. The van der Waals surface area contributed by atoms with Crippen LogP contribution in [0.15, 0.2) is 57.8 Å². The van der Waals surface area contributed by atoms with Gasteiger partial charge in [0.25, 0.3) is 0 Å². The lowest BCUT2D eigenvalue weighted by molar-refractivity contribution is 0.192. The van der Waals surface area contributed by atoms with Crippen LogP contribution in [0, 0.1) is 0 Å². The second-order valence-corrected chi connectivity index (χ2v) is 6.56. The highest BCUT2D eigenvalue weighted by molar-refractivity contribution is 5.93. The highest BCUT2D eigenvalue weighted by atomic mass is 16.5. The van der Waals surface area contributed by atoms with Gasteiger partial charge in [0, 0.05) is 23.3 Å². The normalized spacial score (nSPS) is 17.3. The van der Waals surface area contributed by atoms with E-state index in [-0.39, 0.29) is 11.3 Å². The average molecular weight is 347 g/mol. The molecular formula is C20H17N3O3. The molecule has 0 bridgehead atoms. The fourth-order valence-electron chi connectivity index (χ4n) is 3.62. The number of rotatable bonds is 3. The fourth-order valence-corrected chi connectivity index (χ4v) is 3.62. The first-order valence-electron chi connectivity index (χ1n) is 8.72. The molecular weight excluding hydrogens is 330 g/mol. The number of pyridine rings is 1. The van der Waals surface area contributed by atoms with Crippen molar-refractivity contribution in [3.8, 4) is 0 Å². The van der Waals surface area contributed by atoms with Crippen molar-refractivity contribution < 1.29 is 9.26 Å². The van der Waals surface area contributed by atoms with E-state index in [4.69, 9.17) is 9.26 Å². The third-order valence-corrected chi connectivity index (χ3v) is 4.95.